The predicted octanol–water partition coefficient (Wildman–Crippen LogP) is 4.50. The number of hydrogen-bond donors (Lipinski definition) is 2. The highest BCUT2D eigenvalue weighted by Crippen LogP contribution is 2.31. The van der Waals surface area contributed by atoms with Gasteiger partial charge in [0.2, 0.25) is 6.29 Å². The van der Waals surface area contributed by atoms with Crippen LogP contribution in [0, 0.1) is 0 Å². The highest BCUT2D eigenvalue weighted by Gasteiger charge is 2.25. The van der Waals surface area contributed by atoms with Crippen LogP contribution in [0.2, 0.25) is 0 Å². The number of rotatable bonds is 7. The molecule has 4 nitrogen and oxygen atoms in total. The molecule has 0 saturated carbocycles. The average molecular weight is 356 g/mol. The summed E-state index contributed by atoms with van der Waals surface area (Å²) >= 11 is 0. The second kappa shape index (κ2) is 7.52. The maximum absolute atomic E-state index is 10.2. The van der Waals surface area contributed by atoms with E-state index in [-0.39, 0.29) is 0 Å². The monoisotopic (exact) mass is 356 g/mol. The third-order valence-corrected chi connectivity index (χ3v) is 4.13. The van der Waals surface area contributed by atoms with Gasteiger partial charge >= 0.3 is 0 Å². The first-order valence-corrected chi connectivity index (χ1v) is 8.61. The van der Waals surface area contributed by atoms with Crippen molar-refractivity contribution in [2.45, 2.75) is 52.1 Å². The van der Waals surface area contributed by atoms with Gasteiger partial charge in [0.25, 0.3) is 0 Å². The third-order valence-electron chi connectivity index (χ3n) is 4.13. The summed E-state index contributed by atoms with van der Waals surface area (Å²) in [6.07, 6.45) is -1.03. The summed E-state index contributed by atoms with van der Waals surface area (Å²) in [7, 11) is 0. The van der Waals surface area contributed by atoms with Crippen molar-refractivity contribution in [2.75, 3.05) is 0 Å². The largest absolute Gasteiger partial charge is 0.483 e. The molecule has 0 bridgehead atoms. The van der Waals surface area contributed by atoms with Crippen molar-refractivity contribution in [3.05, 3.63) is 71.8 Å². The standard InChI is InChI=1S/C22H28O4/c1-15(2)20(23)25-18-10-12-19(13-11-18)26-22(5,6)17-9-7-8-16(14-17)21(3,4)24/h7-14,20,23-24H,1H2,2-6H3. The second-order valence-corrected chi connectivity index (χ2v) is 7.54. The molecular formula is C22H28O4. The van der Waals surface area contributed by atoms with Crippen LogP contribution < -0.4 is 9.47 Å². The molecule has 1 atom stereocenters. The van der Waals surface area contributed by atoms with Crippen molar-refractivity contribution in [2.24, 2.45) is 0 Å². The van der Waals surface area contributed by atoms with Crippen molar-refractivity contribution in [1.82, 2.24) is 0 Å². The van der Waals surface area contributed by atoms with E-state index in [1.807, 2.05) is 38.1 Å². The van der Waals surface area contributed by atoms with E-state index in [0.717, 1.165) is 11.1 Å². The van der Waals surface area contributed by atoms with Crippen LogP contribution in [-0.2, 0) is 11.2 Å². The molecular weight excluding hydrogens is 328 g/mol. The lowest BCUT2D eigenvalue weighted by atomic mass is 9.91. The van der Waals surface area contributed by atoms with Crippen molar-refractivity contribution in [3.63, 3.8) is 0 Å². The number of benzene rings is 2. The van der Waals surface area contributed by atoms with Crippen molar-refractivity contribution >= 4 is 0 Å². The van der Waals surface area contributed by atoms with Gasteiger partial charge in [-0.3, -0.25) is 0 Å². The molecule has 0 aliphatic carbocycles. The smallest absolute Gasteiger partial charge is 0.219 e. The van der Waals surface area contributed by atoms with E-state index >= 15 is 0 Å². The molecule has 0 fully saturated rings. The number of ether oxygens (including phenoxy) is 2. The SMILES string of the molecule is C=C(C)C(O)Oc1ccc(OC(C)(C)c2cccc(C(C)(C)O)c2)cc1. The summed E-state index contributed by atoms with van der Waals surface area (Å²) in [5.41, 5.74) is 0.855. The van der Waals surface area contributed by atoms with Crippen LogP contribution in [0.25, 0.3) is 0 Å². The lowest BCUT2D eigenvalue weighted by Crippen LogP contribution is -2.26. The number of aliphatic hydroxyl groups is 2. The summed E-state index contributed by atoms with van der Waals surface area (Å²) in [6, 6.07) is 14.8. The minimum absolute atomic E-state index is 0.537. The van der Waals surface area contributed by atoms with Gasteiger partial charge in [-0.25, -0.2) is 0 Å². The van der Waals surface area contributed by atoms with Gasteiger partial charge in [0.15, 0.2) is 0 Å². The Morgan fingerprint density at radius 2 is 1.50 bits per heavy atom. The number of hydrogen-bond acceptors (Lipinski definition) is 4. The highest BCUT2D eigenvalue weighted by atomic mass is 16.6. The minimum atomic E-state index is -1.03. The molecule has 140 valence electrons. The summed E-state index contributed by atoms with van der Waals surface area (Å²) in [4.78, 5) is 0. The van der Waals surface area contributed by atoms with Crippen molar-refractivity contribution in [3.8, 4) is 11.5 Å². The Labute approximate surface area is 155 Å². The Hall–Kier alpha value is -2.30. The maximum Gasteiger partial charge on any atom is 0.219 e. The van der Waals surface area contributed by atoms with E-state index in [4.69, 9.17) is 9.47 Å². The molecule has 0 radical (unpaired) electrons. The zero-order valence-electron chi connectivity index (χ0n) is 16.1. The summed E-state index contributed by atoms with van der Waals surface area (Å²) in [5, 5.41) is 19.9. The molecule has 0 heterocycles. The van der Waals surface area contributed by atoms with Gasteiger partial charge in [0.05, 0.1) is 5.60 Å². The predicted molar refractivity (Wildman–Crippen MR) is 103 cm³/mol. The molecule has 0 aliphatic heterocycles. The molecule has 0 aliphatic rings. The molecule has 2 aromatic carbocycles. The molecule has 2 aromatic rings. The lowest BCUT2D eigenvalue weighted by molar-refractivity contribution is 0.0149. The lowest BCUT2D eigenvalue weighted by Gasteiger charge is -2.29. The Morgan fingerprint density at radius 1 is 0.962 bits per heavy atom. The zero-order chi connectivity index (χ0) is 19.5. The van der Waals surface area contributed by atoms with E-state index in [9.17, 15) is 10.2 Å². The second-order valence-electron chi connectivity index (χ2n) is 7.54. The fourth-order valence-corrected chi connectivity index (χ4v) is 2.44. The first kappa shape index (κ1) is 20.0. The minimum Gasteiger partial charge on any atom is -0.483 e. The molecule has 2 rings (SSSR count). The van der Waals surface area contributed by atoms with Crippen LogP contribution in [-0.4, -0.2) is 16.5 Å². The summed E-state index contributed by atoms with van der Waals surface area (Å²) < 4.78 is 11.5. The molecule has 2 N–H and O–H groups in total. The molecule has 0 saturated heterocycles. The van der Waals surface area contributed by atoms with Gasteiger partial charge in [-0.2, -0.15) is 0 Å². The normalized spacial score (nSPS) is 13.2. The zero-order valence-corrected chi connectivity index (χ0v) is 16.1. The number of aliphatic hydroxyl groups excluding tert-OH is 1. The molecule has 0 spiro atoms. The molecule has 0 amide bonds. The summed E-state index contributed by atoms with van der Waals surface area (Å²) in [6.45, 7) is 12.8. The fraction of sp³-hybridized carbons (Fsp3) is 0.364. The highest BCUT2D eigenvalue weighted by molar-refractivity contribution is 5.35. The van der Waals surface area contributed by atoms with Crippen LogP contribution in [0.1, 0.15) is 45.7 Å². The van der Waals surface area contributed by atoms with Gasteiger partial charge in [0, 0.05) is 0 Å². The Balaban J connectivity index is 2.15. The van der Waals surface area contributed by atoms with Gasteiger partial charge in [-0.1, -0.05) is 24.8 Å². The van der Waals surface area contributed by atoms with Crippen LogP contribution in [0.3, 0.4) is 0 Å². The van der Waals surface area contributed by atoms with Gasteiger partial charge in [0.1, 0.15) is 17.1 Å². The van der Waals surface area contributed by atoms with E-state index in [0.29, 0.717) is 17.1 Å². The summed E-state index contributed by atoms with van der Waals surface area (Å²) in [5.74, 6) is 1.22. The average Bonchev–Trinajstić information content (AvgIpc) is 2.55. The molecule has 26 heavy (non-hydrogen) atoms. The Morgan fingerprint density at radius 3 is 2.04 bits per heavy atom. The molecule has 1 unspecified atom stereocenters. The Bertz CT molecular complexity index is 754. The van der Waals surface area contributed by atoms with Crippen LogP contribution >= 0.6 is 0 Å². The maximum atomic E-state index is 10.2. The third kappa shape index (κ3) is 5.10. The Kier molecular flexibility index (Phi) is 5.79. The quantitative estimate of drug-likeness (QED) is 0.566. The van der Waals surface area contributed by atoms with E-state index in [1.165, 1.54) is 0 Å². The molecule has 0 aromatic heterocycles. The van der Waals surface area contributed by atoms with Gasteiger partial charge in [-0.15, -0.1) is 0 Å². The fourth-order valence-electron chi connectivity index (χ4n) is 2.44. The van der Waals surface area contributed by atoms with E-state index in [2.05, 4.69) is 6.58 Å². The van der Waals surface area contributed by atoms with Crippen molar-refractivity contribution < 1.29 is 19.7 Å². The van der Waals surface area contributed by atoms with E-state index < -0.39 is 17.5 Å². The van der Waals surface area contributed by atoms with Crippen molar-refractivity contribution in [1.29, 1.82) is 0 Å². The van der Waals surface area contributed by atoms with Crippen LogP contribution in [0.15, 0.2) is 60.7 Å². The van der Waals surface area contributed by atoms with Gasteiger partial charge in [-0.05, 0) is 81.7 Å². The van der Waals surface area contributed by atoms with Gasteiger partial charge < -0.3 is 19.7 Å². The van der Waals surface area contributed by atoms with Crippen LogP contribution in [0.5, 0.6) is 11.5 Å². The van der Waals surface area contributed by atoms with E-state index in [1.54, 1.807) is 45.0 Å². The first-order valence-electron chi connectivity index (χ1n) is 8.61. The first-order chi connectivity index (χ1) is 12.0. The topological polar surface area (TPSA) is 58.9 Å². The molecule has 4 heteroatoms. The van der Waals surface area contributed by atoms with Crippen LogP contribution in [0.4, 0.5) is 0 Å².